The predicted octanol–water partition coefficient (Wildman–Crippen LogP) is 1.54. The Kier molecular flexibility index (Phi) is 6.10. The first-order chi connectivity index (χ1) is 8.72. The van der Waals surface area contributed by atoms with E-state index >= 15 is 0 Å². The Morgan fingerprint density at radius 3 is 2.56 bits per heavy atom. The summed E-state index contributed by atoms with van der Waals surface area (Å²) in [4.78, 5) is 21.9. The van der Waals surface area contributed by atoms with Crippen LogP contribution in [0.1, 0.15) is 6.92 Å². The van der Waals surface area contributed by atoms with Crippen molar-refractivity contribution in [3.8, 4) is 5.75 Å². The number of rotatable bonds is 6. The average Bonchev–Trinajstić information content (AvgIpc) is 2.38. The molecule has 1 aromatic carbocycles. The molecule has 6 nitrogen and oxygen atoms in total. The number of benzene rings is 1. The number of carbonyl (C=O) groups excluding carboxylic acids is 2. The van der Waals surface area contributed by atoms with Crippen molar-refractivity contribution < 1.29 is 28.5 Å². The molecule has 6 heteroatoms. The summed E-state index contributed by atoms with van der Waals surface area (Å²) < 4.78 is 18.6. The summed E-state index contributed by atoms with van der Waals surface area (Å²) in [5.41, 5.74) is 0. The largest absolute Gasteiger partial charge is 0.511 e. The molecule has 1 rings (SSSR count). The Labute approximate surface area is 104 Å². The van der Waals surface area contributed by atoms with Crippen LogP contribution in [0, 0.1) is 6.07 Å². The molecule has 97 valence electrons. The second-order valence-electron chi connectivity index (χ2n) is 2.99. The minimum atomic E-state index is -0.884. The van der Waals surface area contributed by atoms with Gasteiger partial charge in [-0.1, -0.05) is 12.1 Å². The van der Waals surface area contributed by atoms with E-state index in [4.69, 9.17) is 4.74 Å². The van der Waals surface area contributed by atoms with Gasteiger partial charge in [0.2, 0.25) is 6.79 Å². The van der Waals surface area contributed by atoms with Crippen LogP contribution < -0.4 is 4.74 Å². The first-order valence-corrected chi connectivity index (χ1v) is 5.26. The normalized spacial score (nSPS) is 9.39. The molecule has 0 unspecified atom stereocenters. The minimum Gasteiger partial charge on any atom is -0.482 e. The smallest absolute Gasteiger partial charge is 0.482 e. The molecule has 0 atom stereocenters. The highest BCUT2D eigenvalue weighted by molar-refractivity contribution is 5.71. The van der Waals surface area contributed by atoms with Crippen LogP contribution in [0.5, 0.6) is 5.75 Å². The average molecular weight is 253 g/mol. The van der Waals surface area contributed by atoms with E-state index < -0.39 is 18.9 Å². The van der Waals surface area contributed by atoms with E-state index in [1.54, 1.807) is 31.2 Å². The van der Waals surface area contributed by atoms with Gasteiger partial charge in [0, 0.05) is 0 Å². The maximum Gasteiger partial charge on any atom is 0.511 e. The SMILES string of the molecule is CCOC(=O)OCOC(=O)COc1cc[c]cc1. The zero-order valence-electron chi connectivity index (χ0n) is 9.88. The van der Waals surface area contributed by atoms with Crippen molar-refractivity contribution >= 4 is 12.1 Å². The molecule has 0 bridgehead atoms. The van der Waals surface area contributed by atoms with E-state index in [1.807, 2.05) is 0 Å². The Morgan fingerprint density at radius 1 is 1.17 bits per heavy atom. The van der Waals surface area contributed by atoms with Crippen LogP contribution in [0.3, 0.4) is 0 Å². The molecule has 1 aromatic rings. The molecule has 1 radical (unpaired) electrons. The molecular weight excluding hydrogens is 240 g/mol. The maximum atomic E-state index is 11.2. The third kappa shape index (κ3) is 5.74. The van der Waals surface area contributed by atoms with E-state index in [0.717, 1.165) is 0 Å². The minimum absolute atomic E-state index is 0.195. The molecule has 0 fully saturated rings. The van der Waals surface area contributed by atoms with Crippen LogP contribution in [-0.2, 0) is 19.0 Å². The van der Waals surface area contributed by atoms with Gasteiger partial charge in [0.05, 0.1) is 6.61 Å². The van der Waals surface area contributed by atoms with Crippen molar-refractivity contribution in [1.29, 1.82) is 0 Å². The first-order valence-electron chi connectivity index (χ1n) is 5.26. The molecule has 0 spiro atoms. The summed E-state index contributed by atoms with van der Waals surface area (Å²) in [6.45, 7) is 1.07. The van der Waals surface area contributed by atoms with Crippen LogP contribution in [0.15, 0.2) is 24.3 Å². The summed E-state index contributed by atoms with van der Waals surface area (Å²) in [6.07, 6.45) is -0.884. The van der Waals surface area contributed by atoms with Gasteiger partial charge in [-0.2, -0.15) is 0 Å². The number of hydrogen-bond donors (Lipinski definition) is 0. The fourth-order valence-electron chi connectivity index (χ4n) is 0.955. The van der Waals surface area contributed by atoms with Crippen molar-refractivity contribution in [1.82, 2.24) is 0 Å². The van der Waals surface area contributed by atoms with Crippen molar-refractivity contribution in [3.63, 3.8) is 0 Å². The monoisotopic (exact) mass is 253 g/mol. The number of carbonyl (C=O) groups is 2. The lowest BCUT2D eigenvalue weighted by molar-refractivity contribution is -0.155. The van der Waals surface area contributed by atoms with Gasteiger partial charge < -0.3 is 18.9 Å². The van der Waals surface area contributed by atoms with Gasteiger partial charge in [-0.05, 0) is 25.1 Å². The second-order valence-corrected chi connectivity index (χ2v) is 2.99. The van der Waals surface area contributed by atoms with Gasteiger partial charge in [-0.3, -0.25) is 0 Å². The molecule has 0 amide bonds. The fraction of sp³-hybridized carbons (Fsp3) is 0.333. The molecule has 0 N–H and O–H groups in total. The number of esters is 1. The fourth-order valence-corrected chi connectivity index (χ4v) is 0.955. The summed E-state index contributed by atoms with van der Waals surface area (Å²) in [5.74, 6) is -0.121. The van der Waals surface area contributed by atoms with Gasteiger partial charge in [0.25, 0.3) is 0 Å². The van der Waals surface area contributed by atoms with Crippen molar-refractivity contribution in [2.24, 2.45) is 0 Å². The van der Waals surface area contributed by atoms with Crippen LogP contribution in [0.25, 0.3) is 0 Å². The molecular formula is C12H13O6. The highest BCUT2D eigenvalue weighted by Crippen LogP contribution is 2.07. The third-order valence-corrected chi connectivity index (χ3v) is 1.70. The predicted molar refractivity (Wildman–Crippen MR) is 59.8 cm³/mol. The Hall–Kier alpha value is -2.24. The van der Waals surface area contributed by atoms with Gasteiger partial charge >= 0.3 is 12.1 Å². The van der Waals surface area contributed by atoms with E-state index in [1.165, 1.54) is 0 Å². The lowest BCUT2D eigenvalue weighted by Gasteiger charge is -2.07. The summed E-state index contributed by atoms with van der Waals surface area (Å²) >= 11 is 0. The molecule has 0 aliphatic rings. The second kappa shape index (κ2) is 7.94. The summed E-state index contributed by atoms with van der Waals surface area (Å²) in [5, 5.41) is 0. The van der Waals surface area contributed by atoms with Crippen LogP contribution in [0.2, 0.25) is 0 Å². The van der Waals surface area contributed by atoms with Crippen molar-refractivity contribution in [2.75, 3.05) is 20.0 Å². The number of ether oxygens (including phenoxy) is 4. The van der Waals surface area contributed by atoms with E-state index in [0.29, 0.717) is 5.75 Å². The molecule has 0 heterocycles. The molecule has 0 saturated carbocycles. The van der Waals surface area contributed by atoms with Gasteiger partial charge in [0.1, 0.15) is 5.75 Å². The van der Waals surface area contributed by atoms with Gasteiger partial charge in [-0.25, -0.2) is 9.59 Å². The van der Waals surface area contributed by atoms with Crippen LogP contribution >= 0.6 is 0 Å². The third-order valence-electron chi connectivity index (χ3n) is 1.70. The van der Waals surface area contributed by atoms with Crippen molar-refractivity contribution in [3.05, 3.63) is 30.3 Å². The Morgan fingerprint density at radius 2 is 1.89 bits per heavy atom. The highest BCUT2D eigenvalue weighted by atomic mass is 16.8. The van der Waals surface area contributed by atoms with E-state index in [-0.39, 0.29) is 13.2 Å². The molecule has 0 aromatic heterocycles. The Balaban J connectivity index is 2.13. The van der Waals surface area contributed by atoms with Gasteiger partial charge in [-0.15, -0.1) is 0 Å². The van der Waals surface area contributed by atoms with Crippen LogP contribution in [-0.4, -0.2) is 32.1 Å². The lowest BCUT2D eigenvalue weighted by atomic mass is 10.3. The maximum absolute atomic E-state index is 11.2. The zero-order valence-corrected chi connectivity index (χ0v) is 9.88. The molecule has 18 heavy (non-hydrogen) atoms. The zero-order chi connectivity index (χ0) is 13.2. The van der Waals surface area contributed by atoms with E-state index in [9.17, 15) is 9.59 Å². The first kappa shape index (κ1) is 13.8. The summed E-state index contributed by atoms with van der Waals surface area (Å²) in [6, 6.07) is 9.44. The standard InChI is InChI=1S/C12H13O6/c1-2-15-12(14)18-9-17-11(13)8-16-10-6-4-3-5-7-10/h4-7H,2,8-9H2,1H3. The van der Waals surface area contributed by atoms with E-state index in [2.05, 4.69) is 20.3 Å². The molecule has 0 aliphatic carbocycles. The van der Waals surface area contributed by atoms with Gasteiger partial charge in [0.15, 0.2) is 6.61 Å². The molecule has 0 aliphatic heterocycles. The molecule has 0 saturated heterocycles. The van der Waals surface area contributed by atoms with Crippen molar-refractivity contribution in [2.45, 2.75) is 6.92 Å². The topological polar surface area (TPSA) is 71.1 Å². The summed E-state index contributed by atoms with van der Waals surface area (Å²) in [7, 11) is 0. The van der Waals surface area contributed by atoms with Crippen LogP contribution in [0.4, 0.5) is 4.79 Å². The highest BCUT2D eigenvalue weighted by Gasteiger charge is 2.07. The number of hydrogen-bond acceptors (Lipinski definition) is 6. The quantitative estimate of drug-likeness (QED) is 0.565. The Bertz CT molecular complexity index is 375. The lowest BCUT2D eigenvalue weighted by Crippen LogP contribution is -2.18.